The van der Waals surface area contributed by atoms with Gasteiger partial charge < -0.3 is 15.5 Å². The molecule has 9 heteroatoms. The minimum absolute atomic E-state index is 0.292. The average Bonchev–Trinajstić information content (AvgIpc) is 3.25. The van der Waals surface area contributed by atoms with Gasteiger partial charge in [0.05, 0.1) is 10.2 Å². The van der Waals surface area contributed by atoms with Gasteiger partial charge in [0.1, 0.15) is 16.4 Å². The molecule has 0 unspecified atom stereocenters. The molecule has 3 N–H and O–H groups in total. The fourth-order valence-electron chi connectivity index (χ4n) is 3.32. The number of nitrogens with one attached hydrogen (secondary N) is 1. The maximum absolute atomic E-state index is 13.8. The summed E-state index contributed by atoms with van der Waals surface area (Å²) in [5, 5.41) is 5.57. The minimum Gasteiger partial charge on any atom is -0.456 e. The van der Waals surface area contributed by atoms with E-state index in [0.717, 1.165) is 4.88 Å². The lowest BCUT2D eigenvalue weighted by molar-refractivity contribution is 0.00621. The largest absolute Gasteiger partial charge is 0.456 e. The highest BCUT2D eigenvalue weighted by Gasteiger charge is 2.47. The molecule has 3 heterocycles. The maximum Gasteiger partial charge on any atom is 0.250 e. The highest BCUT2D eigenvalue weighted by molar-refractivity contribution is 9.10. The Balaban J connectivity index is 1.73. The standard InChI is InChI=1S/C17H15BrClF2N3OS/c18-13-14-16(25-15(13)9-5-17(20,21)6-10(9)22)11(4-12(19)24-14)23-7-8-2-1-3-26-8/h1-4,9-10H,5-7,22H2,(H,23,24)/t9-,10-/m0/s1. The fraction of sp³-hybridized carbons (Fsp3) is 0.353. The summed E-state index contributed by atoms with van der Waals surface area (Å²) in [4.78, 5) is 5.44. The Morgan fingerprint density at radius 2 is 2.27 bits per heavy atom. The van der Waals surface area contributed by atoms with Crippen molar-refractivity contribution in [3.63, 3.8) is 0 Å². The van der Waals surface area contributed by atoms with Gasteiger partial charge in [-0.05, 0) is 27.4 Å². The number of hydrogen-bond acceptors (Lipinski definition) is 5. The molecular weight excluding hydrogens is 448 g/mol. The van der Waals surface area contributed by atoms with E-state index >= 15 is 0 Å². The van der Waals surface area contributed by atoms with Crippen molar-refractivity contribution >= 4 is 55.7 Å². The molecule has 1 fully saturated rings. The highest BCUT2D eigenvalue weighted by atomic mass is 79.9. The Labute approximate surface area is 165 Å². The van der Waals surface area contributed by atoms with Crippen molar-refractivity contribution in [2.24, 2.45) is 5.73 Å². The van der Waals surface area contributed by atoms with Crippen LogP contribution < -0.4 is 11.1 Å². The number of hydrogen-bond donors (Lipinski definition) is 2. The van der Waals surface area contributed by atoms with E-state index < -0.39 is 17.9 Å². The van der Waals surface area contributed by atoms with Crippen LogP contribution in [0.1, 0.15) is 29.4 Å². The van der Waals surface area contributed by atoms with Crippen LogP contribution in [-0.4, -0.2) is 16.9 Å². The van der Waals surface area contributed by atoms with Gasteiger partial charge in [0.15, 0.2) is 5.58 Å². The topological polar surface area (TPSA) is 64.1 Å². The van der Waals surface area contributed by atoms with E-state index in [4.69, 9.17) is 21.8 Å². The van der Waals surface area contributed by atoms with Crippen molar-refractivity contribution in [1.82, 2.24) is 4.98 Å². The molecule has 1 aliphatic rings. The quantitative estimate of drug-likeness (QED) is 0.484. The Bertz CT molecular complexity index is 947. The first kappa shape index (κ1) is 18.2. The van der Waals surface area contributed by atoms with E-state index in [-0.39, 0.29) is 12.8 Å². The van der Waals surface area contributed by atoms with E-state index in [0.29, 0.717) is 38.7 Å². The van der Waals surface area contributed by atoms with Crippen LogP contribution in [0.3, 0.4) is 0 Å². The summed E-state index contributed by atoms with van der Waals surface area (Å²) < 4.78 is 34.0. The number of fused-ring (bicyclic) bond motifs is 1. The normalized spacial score (nSPS) is 22.2. The average molecular weight is 463 g/mol. The number of nitrogens with two attached hydrogens (primary N) is 1. The zero-order valence-corrected chi connectivity index (χ0v) is 16.6. The molecule has 3 aromatic heterocycles. The molecule has 0 amide bonds. The van der Waals surface area contributed by atoms with Crippen LogP contribution in [0, 0.1) is 0 Å². The number of thiophene rings is 1. The van der Waals surface area contributed by atoms with Gasteiger partial charge in [0, 0.05) is 42.3 Å². The van der Waals surface area contributed by atoms with Crippen LogP contribution in [-0.2, 0) is 6.54 Å². The molecule has 4 nitrogen and oxygen atoms in total. The summed E-state index contributed by atoms with van der Waals surface area (Å²) in [6, 6.07) is 4.99. The van der Waals surface area contributed by atoms with Gasteiger partial charge in [-0.2, -0.15) is 0 Å². The lowest BCUT2D eigenvalue weighted by Gasteiger charge is -2.11. The number of nitrogens with zero attached hydrogens (tertiary/aromatic N) is 1. The molecule has 4 rings (SSSR count). The number of rotatable bonds is 4. The Hall–Kier alpha value is -1.22. The van der Waals surface area contributed by atoms with E-state index in [2.05, 4.69) is 26.2 Å². The lowest BCUT2D eigenvalue weighted by Crippen LogP contribution is -2.23. The summed E-state index contributed by atoms with van der Waals surface area (Å²) in [6.45, 7) is 0.599. The molecule has 1 aliphatic carbocycles. The fourth-order valence-corrected chi connectivity index (χ4v) is 4.80. The number of aromatic nitrogens is 1. The predicted molar refractivity (Wildman–Crippen MR) is 103 cm³/mol. The lowest BCUT2D eigenvalue weighted by atomic mass is 10.0. The van der Waals surface area contributed by atoms with E-state index in [9.17, 15) is 8.78 Å². The third kappa shape index (κ3) is 3.35. The van der Waals surface area contributed by atoms with Crippen LogP contribution in [0.25, 0.3) is 11.1 Å². The van der Waals surface area contributed by atoms with Crippen LogP contribution in [0.5, 0.6) is 0 Å². The molecule has 0 aromatic carbocycles. The van der Waals surface area contributed by atoms with E-state index in [1.165, 1.54) is 0 Å². The van der Waals surface area contributed by atoms with Crippen LogP contribution in [0.2, 0.25) is 5.15 Å². The molecule has 138 valence electrons. The number of furan rings is 1. The molecule has 2 atom stereocenters. The van der Waals surface area contributed by atoms with E-state index in [1.807, 2.05) is 17.5 Å². The third-order valence-corrected chi connectivity index (χ3v) is 6.35. The van der Waals surface area contributed by atoms with Crippen LogP contribution in [0.4, 0.5) is 14.5 Å². The van der Waals surface area contributed by atoms with Gasteiger partial charge in [-0.15, -0.1) is 11.3 Å². The van der Waals surface area contributed by atoms with Crippen molar-refractivity contribution in [2.45, 2.75) is 37.3 Å². The molecule has 0 spiro atoms. The molecule has 3 aromatic rings. The molecular formula is C17H15BrClF2N3OS. The second kappa shape index (κ2) is 6.74. The second-order valence-electron chi connectivity index (χ2n) is 6.42. The Morgan fingerprint density at radius 1 is 1.46 bits per heavy atom. The summed E-state index contributed by atoms with van der Waals surface area (Å²) in [5.41, 5.74) is 7.60. The molecule has 0 aliphatic heterocycles. The predicted octanol–water partition coefficient (Wildman–Crippen LogP) is 5.76. The molecule has 26 heavy (non-hydrogen) atoms. The van der Waals surface area contributed by atoms with Crippen molar-refractivity contribution in [3.8, 4) is 0 Å². The monoisotopic (exact) mass is 461 g/mol. The first-order valence-corrected chi connectivity index (χ1v) is 10.1. The number of alkyl halides is 2. The van der Waals surface area contributed by atoms with Crippen molar-refractivity contribution in [3.05, 3.63) is 43.8 Å². The first-order valence-electron chi connectivity index (χ1n) is 8.02. The summed E-state index contributed by atoms with van der Waals surface area (Å²) in [5.74, 6) is -2.95. The third-order valence-electron chi connectivity index (χ3n) is 4.52. The molecule has 0 bridgehead atoms. The zero-order valence-electron chi connectivity index (χ0n) is 13.4. The number of anilines is 1. The van der Waals surface area contributed by atoms with Gasteiger partial charge in [-0.25, -0.2) is 13.8 Å². The number of pyridine rings is 1. The van der Waals surface area contributed by atoms with Gasteiger partial charge in [0.25, 0.3) is 0 Å². The second-order valence-corrected chi connectivity index (χ2v) is 8.63. The van der Waals surface area contributed by atoms with Crippen molar-refractivity contribution in [1.29, 1.82) is 0 Å². The Morgan fingerprint density at radius 3 is 2.92 bits per heavy atom. The van der Waals surface area contributed by atoms with Crippen LogP contribution >= 0.6 is 38.9 Å². The van der Waals surface area contributed by atoms with Crippen LogP contribution in [0.15, 0.2) is 32.5 Å². The highest BCUT2D eigenvalue weighted by Crippen LogP contribution is 2.48. The number of halogens is 4. The van der Waals surface area contributed by atoms with Crippen molar-refractivity contribution < 1.29 is 13.2 Å². The summed E-state index contributed by atoms with van der Waals surface area (Å²) >= 11 is 11.2. The SMILES string of the molecule is N[C@H]1CC(F)(F)C[C@@H]1c1oc2c(NCc3cccs3)cc(Cl)nc2c1Br. The van der Waals surface area contributed by atoms with Crippen molar-refractivity contribution in [2.75, 3.05) is 5.32 Å². The van der Waals surface area contributed by atoms with Gasteiger partial charge in [0.2, 0.25) is 5.92 Å². The first-order chi connectivity index (χ1) is 12.3. The smallest absolute Gasteiger partial charge is 0.250 e. The molecule has 1 saturated carbocycles. The minimum atomic E-state index is -2.78. The van der Waals surface area contributed by atoms with Gasteiger partial charge >= 0.3 is 0 Å². The Kier molecular flexibility index (Phi) is 4.71. The van der Waals surface area contributed by atoms with Gasteiger partial charge in [-0.1, -0.05) is 17.7 Å². The molecule has 0 saturated heterocycles. The summed E-state index contributed by atoms with van der Waals surface area (Å²) in [7, 11) is 0. The molecule has 0 radical (unpaired) electrons. The summed E-state index contributed by atoms with van der Waals surface area (Å²) in [6.07, 6.45) is -0.683. The zero-order chi connectivity index (χ0) is 18.5. The van der Waals surface area contributed by atoms with E-state index in [1.54, 1.807) is 17.4 Å². The van der Waals surface area contributed by atoms with Gasteiger partial charge in [-0.3, -0.25) is 0 Å². The maximum atomic E-state index is 13.8.